The van der Waals surface area contributed by atoms with Gasteiger partial charge in [0.25, 0.3) is 65.5 Å². The maximum absolute atomic E-state index is 14.3. The largest absolute Gasteiger partial charge is 0.394 e. The number of alkyl halides is 6. The van der Waals surface area contributed by atoms with Gasteiger partial charge in [0.15, 0.2) is 20.0 Å². The van der Waals surface area contributed by atoms with E-state index in [0.29, 0.717) is 74.4 Å². The van der Waals surface area contributed by atoms with Gasteiger partial charge in [-0.25, -0.2) is 83.0 Å². The van der Waals surface area contributed by atoms with Crippen LogP contribution in [-0.4, -0.2) is 278 Å². The van der Waals surface area contributed by atoms with Crippen LogP contribution in [0.2, 0.25) is 0 Å². The first kappa shape index (κ1) is 114. The molecule has 34 nitrogen and oxygen atoms in total. The van der Waals surface area contributed by atoms with Gasteiger partial charge in [-0.1, -0.05) is 14.4 Å². The molecule has 802 valence electrons. The number of carbonyl (C=O) groups excluding carboxylic acids is 8. The lowest BCUT2D eigenvalue weighted by Gasteiger charge is -2.22. The Morgan fingerprint density at radius 3 is 1.07 bits per heavy atom. The number of likely N-dealkylation sites (tertiary alicyclic amines) is 2. The molecule has 46 heteroatoms. The summed E-state index contributed by atoms with van der Waals surface area (Å²) in [5, 5.41) is 43.7. The Kier molecular flexibility index (Phi) is 35.3. The first-order valence-corrected chi connectivity index (χ1v) is 56.6. The summed E-state index contributed by atoms with van der Waals surface area (Å²) in [5.41, 5.74) is 3.79. The van der Waals surface area contributed by atoms with Crippen molar-refractivity contribution >= 4 is 136 Å². The molecule has 6 atom stereocenters. The van der Waals surface area contributed by atoms with Crippen LogP contribution in [0, 0.1) is 20.8 Å². The monoisotopic (exact) mass is 2160 g/mol. The molecule has 0 aromatic carbocycles. The third kappa shape index (κ3) is 28.0. The number of aromatic nitrogens is 8. The fourth-order valence-electron chi connectivity index (χ4n) is 19.8. The minimum Gasteiger partial charge on any atom is -0.394 e. The average molecular weight is 2160 g/mol. The summed E-state index contributed by atoms with van der Waals surface area (Å²) in [7, 11) is -6.27. The van der Waals surface area contributed by atoms with Gasteiger partial charge >= 0.3 is 0 Å². The first-order valence-electron chi connectivity index (χ1n) is 49.7. The Labute approximate surface area is 870 Å². The number of rotatable bonds is 24. The van der Waals surface area contributed by atoms with E-state index in [4.69, 9.17) is 0 Å². The number of amides is 8. The highest BCUT2D eigenvalue weighted by atomic mass is 32.2. The lowest BCUT2D eigenvalue weighted by atomic mass is 10.0. The Bertz CT molecular complexity index is 6390. The molecule has 8 aliphatic heterocycles. The molecular weight excluding hydrogens is 2020 g/mol. The average Bonchev–Trinajstić information content (AvgIpc) is 1.62. The number of nitrogens with one attached hydrogen (secondary N) is 8. The van der Waals surface area contributed by atoms with E-state index in [1.807, 2.05) is 76.5 Å². The molecular formula is C101H136F6N20O14S6. The molecule has 0 spiro atoms. The van der Waals surface area contributed by atoms with Crippen molar-refractivity contribution in [3.05, 3.63) is 114 Å². The second-order valence-corrected chi connectivity index (χ2v) is 51.6. The van der Waals surface area contributed by atoms with Crippen LogP contribution in [-0.2, 0) is 19.7 Å². The number of halogens is 6. The van der Waals surface area contributed by atoms with Crippen LogP contribution in [0.15, 0.2) is 49.1 Å². The van der Waals surface area contributed by atoms with Crippen LogP contribution in [0.5, 0.6) is 0 Å². The normalized spacial score (nSPS) is 22.1. The molecule has 4 bridgehead atoms. The Balaban J connectivity index is 0.000000164. The number of anilines is 4. The molecule has 1 aliphatic carbocycles. The number of fused-ring (bicyclic) bond motifs is 4. The van der Waals surface area contributed by atoms with Gasteiger partial charge in [-0.3, -0.25) is 38.4 Å². The van der Waals surface area contributed by atoms with Crippen molar-refractivity contribution in [2.24, 2.45) is 0 Å². The Hall–Kier alpha value is -10.5. The zero-order valence-electron chi connectivity index (χ0n) is 85.2. The van der Waals surface area contributed by atoms with Crippen LogP contribution >= 0.6 is 45.3 Å². The first-order chi connectivity index (χ1) is 68.4. The Morgan fingerprint density at radius 2 is 0.762 bits per heavy atom. The van der Waals surface area contributed by atoms with Crippen molar-refractivity contribution in [2.45, 2.75) is 348 Å². The molecule has 8 saturated heterocycles. The number of hydrogen-bond donors (Lipinski definition) is 10. The van der Waals surface area contributed by atoms with E-state index >= 15 is 0 Å². The van der Waals surface area contributed by atoms with Gasteiger partial charge in [0.2, 0.25) is 0 Å². The minimum atomic E-state index is -3.18. The summed E-state index contributed by atoms with van der Waals surface area (Å²) < 4.78 is 132. The molecule has 16 heterocycles. The number of aliphatic hydroxyl groups excluding tert-OH is 2. The van der Waals surface area contributed by atoms with Crippen molar-refractivity contribution in [3.8, 4) is 41.8 Å². The summed E-state index contributed by atoms with van der Waals surface area (Å²) in [5.74, 6) is -7.61. The topological polar surface area (TPSA) is 458 Å². The smallest absolute Gasteiger partial charge is 0.280 e. The predicted octanol–water partition coefficient (Wildman–Crippen LogP) is 16.8. The van der Waals surface area contributed by atoms with E-state index in [-0.39, 0.29) is 175 Å². The fourth-order valence-corrected chi connectivity index (χ4v) is 26.9. The number of hydrogen-bond acceptors (Lipinski definition) is 30. The summed E-state index contributed by atoms with van der Waals surface area (Å²) in [6.45, 7) is 30.8. The number of aryl methyl sites for hydroxylation is 3. The summed E-state index contributed by atoms with van der Waals surface area (Å²) in [4.78, 5) is 150. The number of carbonyl (C=O) groups is 8. The molecule has 8 amide bonds. The van der Waals surface area contributed by atoms with Gasteiger partial charge in [0.05, 0.1) is 68.3 Å². The molecule has 147 heavy (non-hydrogen) atoms. The fraction of sp³-hybridized carbons (Fsp3) is 0.604. The molecule has 8 aromatic rings. The van der Waals surface area contributed by atoms with Crippen molar-refractivity contribution < 1.29 is 91.7 Å². The van der Waals surface area contributed by atoms with Crippen LogP contribution in [0.1, 0.15) is 330 Å². The molecule has 9 fully saturated rings. The van der Waals surface area contributed by atoms with E-state index in [0.717, 1.165) is 137 Å². The van der Waals surface area contributed by atoms with Gasteiger partial charge in [0, 0.05) is 149 Å². The van der Waals surface area contributed by atoms with Gasteiger partial charge < -0.3 is 72.3 Å². The standard InChI is InChI=1S/C26H35N5O3S.C25H31F4N5O4S2.C25H33F2N5O4S2.C24H33N5O3S.CH4/c1-14-11-20(30-26(2,3)4)27-13-19(14)22-21(25(34)31-16-6-7-17(31)9-8-16)29-24(35-22)23(33)28-15-5-10-18(32)12-15;1-13-10-25(28,29)12-34(13)23(36)18-19(16-11-30-17(33-24(2,3)4)9-15(16)20(26)27)39-22(32-18)21(35)31-14-5-7-40(37,38)8-6-14;1-5-15(3)29-19-10-14(2)18(12-28-19)21-20(24(34)32-13-25(26,27)11-16(32)4)31-23(37-21)22(33)30-17-6-8-38(35,36)9-7-17;1-13-10-18(28-24(3,4)5)25-11-17(13)20-19(23(32)29-15-6-7-16(29)9-8-15)27-22(33-20)21(31)26-14(2)12-30;/h11,13,15-18,32H,5-10,12H2,1-4H3,(H,27,30)(H,28,33);9,11,13-14,20H,5-8,10,12H2,1-4H3,(H,30,33)(H,31,35);10,12,15-17H,5-9,11,13H2,1-4H3,(H,28,29)(H,30,33);10-11,14-16,30H,6-9,12H2,1-5H3,(H,25,28)(H,26,31);1H4/t15-,16?,17?,18-;13-;15-,16+;14-,15?,16?;/m1011./s1. The number of aliphatic hydroxyl groups is 2. The maximum Gasteiger partial charge on any atom is 0.280 e. The zero-order valence-corrected chi connectivity index (χ0v) is 90.1. The minimum absolute atomic E-state index is 0. The molecule has 0 radical (unpaired) electrons. The van der Waals surface area contributed by atoms with Gasteiger partial charge in [-0.05, 0) is 254 Å². The molecule has 17 rings (SSSR count). The number of pyridine rings is 4. The van der Waals surface area contributed by atoms with Crippen LogP contribution in [0.3, 0.4) is 0 Å². The molecule has 10 N–H and O–H groups in total. The van der Waals surface area contributed by atoms with E-state index in [2.05, 4.69) is 131 Å². The highest BCUT2D eigenvalue weighted by molar-refractivity contribution is 7.91. The van der Waals surface area contributed by atoms with E-state index in [1.54, 1.807) is 32.4 Å². The summed E-state index contributed by atoms with van der Waals surface area (Å²) >= 11 is 4.13. The number of thiazole rings is 4. The SMILES string of the molecule is C.CC[C@@H](C)Nc1cc(C)c(-c2sc(C(=O)NC3CCS(=O)(=O)CC3)nc2C(=O)N2CC(F)(F)C[C@@H]2C)cn1.C[C@H]1CC(F)(F)CN1C(=O)c1nc(C(=O)NC2CCS(=O)(=O)CC2)sc1-c1cnc(NC(C)(C)C)cc1C(F)F.Cc1cc(NC(C)(C)C)ncc1-c1sc(C(=O)N[C@@H]2CC[C@@H](O)C2)nc1C(=O)N1C2CCC1CC2.Cc1cc(NC(C)(C)C)ncc1-c1sc(C(=O)N[C@H](C)CO)nc1C(=O)N1C2CCC1CC2. The Morgan fingerprint density at radius 1 is 0.449 bits per heavy atom. The van der Waals surface area contributed by atoms with Crippen molar-refractivity contribution in [3.63, 3.8) is 0 Å². The predicted molar refractivity (Wildman–Crippen MR) is 559 cm³/mol. The highest BCUT2D eigenvalue weighted by Crippen LogP contribution is 2.47. The van der Waals surface area contributed by atoms with Crippen LogP contribution < -0.4 is 42.5 Å². The van der Waals surface area contributed by atoms with Crippen LogP contribution in [0.25, 0.3) is 41.8 Å². The summed E-state index contributed by atoms with van der Waals surface area (Å²) in [6.07, 6.45) is 14.1. The van der Waals surface area contributed by atoms with Gasteiger partial charge in [0.1, 0.15) is 65.7 Å². The van der Waals surface area contributed by atoms with Crippen LogP contribution in [0.4, 0.5) is 49.6 Å². The third-order valence-corrected chi connectivity index (χ3v) is 35.0. The maximum atomic E-state index is 14.3. The molecule has 9 aliphatic rings. The van der Waals surface area contributed by atoms with Gasteiger partial charge in [-0.15, -0.1) is 45.3 Å². The quantitative estimate of drug-likeness (QED) is 0.0251. The number of nitrogens with zero attached hydrogens (tertiary/aromatic N) is 12. The second-order valence-electron chi connectivity index (χ2n) is 43.0. The summed E-state index contributed by atoms with van der Waals surface area (Å²) in [6, 6.07) is 5.43. The highest BCUT2D eigenvalue weighted by Gasteiger charge is 2.51. The molecule has 0 unspecified atom stereocenters. The lowest BCUT2D eigenvalue weighted by Crippen LogP contribution is -2.41. The zero-order chi connectivity index (χ0) is 106. The third-order valence-electron chi connectivity index (χ3n) is 27.2. The molecule has 1 saturated carbocycles. The van der Waals surface area contributed by atoms with Gasteiger partial charge in [-0.2, -0.15) is 0 Å². The van der Waals surface area contributed by atoms with Crippen molar-refractivity contribution in [1.82, 2.24) is 80.7 Å². The van der Waals surface area contributed by atoms with Crippen molar-refractivity contribution in [2.75, 3.05) is 64.0 Å². The molecule has 8 aromatic heterocycles. The van der Waals surface area contributed by atoms with E-state index < -0.39 is 128 Å². The van der Waals surface area contributed by atoms with E-state index in [1.165, 1.54) is 29.6 Å². The number of sulfone groups is 2. The lowest BCUT2D eigenvalue weighted by molar-refractivity contribution is 0.0115. The van der Waals surface area contributed by atoms with Crippen molar-refractivity contribution in [1.29, 1.82) is 0 Å². The van der Waals surface area contributed by atoms with E-state index in [9.17, 15) is 91.7 Å². The second kappa shape index (κ2) is 45.7.